The number of nitrogens with zero attached hydrogens (tertiary/aromatic N) is 1. The Bertz CT molecular complexity index is 1340. The van der Waals surface area contributed by atoms with Gasteiger partial charge in [0, 0.05) is 24.7 Å². The summed E-state index contributed by atoms with van der Waals surface area (Å²) in [4.78, 5) is 107. The number of aromatic nitrogens is 2. The molecule has 1 aromatic rings. The average Bonchev–Trinajstić information content (AvgIpc) is 3.57. The van der Waals surface area contributed by atoms with Crippen LogP contribution in [0.2, 0.25) is 0 Å². The van der Waals surface area contributed by atoms with Crippen LogP contribution in [0.5, 0.6) is 0 Å². The maximum absolute atomic E-state index is 13.7. The molecule has 0 aromatic carbocycles. The summed E-state index contributed by atoms with van der Waals surface area (Å²) < 4.78 is 0. The maximum Gasteiger partial charge on any atom is 0.322 e. The lowest BCUT2D eigenvalue weighted by molar-refractivity contribution is -0.139. The molecular weight excluding hydrogens is 664 g/mol. The van der Waals surface area contributed by atoms with Crippen LogP contribution in [-0.2, 0) is 44.8 Å². The number of aromatic amines is 1. The first kappa shape index (κ1) is 42.9. The lowest BCUT2D eigenvalue weighted by Gasteiger charge is -2.29. The van der Waals surface area contributed by atoms with Gasteiger partial charge in [0.05, 0.1) is 19.5 Å². The van der Waals surface area contributed by atoms with Crippen molar-refractivity contribution in [3.05, 3.63) is 18.2 Å². The van der Waals surface area contributed by atoms with Crippen LogP contribution in [0, 0.1) is 11.8 Å². The molecule has 50 heavy (non-hydrogen) atoms. The molecule has 0 saturated carbocycles. The fourth-order valence-corrected chi connectivity index (χ4v) is 4.32. The lowest BCUT2D eigenvalue weighted by atomic mass is 9.98. The summed E-state index contributed by atoms with van der Waals surface area (Å²) in [6.07, 6.45) is 1.96. The molecule has 0 radical (unpaired) electrons. The van der Waals surface area contributed by atoms with Crippen LogP contribution in [-0.4, -0.2) is 129 Å². The molecule has 0 spiro atoms. The van der Waals surface area contributed by atoms with Crippen molar-refractivity contribution < 1.29 is 53.7 Å². The van der Waals surface area contributed by atoms with Gasteiger partial charge in [0.25, 0.3) is 0 Å². The summed E-state index contributed by atoms with van der Waals surface area (Å²) in [5, 5.41) is 41.8. The van der Waals surface area contributed by atoms with E-state index in [1.807, 2.05) is 5.32 Å². The van der Waals surface area contributed by atoms with Crippen LogP contribution in [0.1, 0.15) is 46.2 Å². The van der Waals surface area contributed by atoms with Crippen molar-refractivity contribution in [3.63, 3.8) is 0 Å². The number of carboxylic acid groups (broad SMARTS) is 1. The normalized spacial score (nSPS) is 14.7. The Balaban J connectivity index is 3.22. The zero-order chi connectivity index (χ0) is 38.1. The molecule has 6 atom stereocenters. The first-order valence-corrected chi connectivity index (χ1v) is 15.7. The number of carbonyl (C=O) groups is 8. The minimum absolute atomic E-state index is 0.167. The van der Waals surface area contributed by atoms with E-state index in [4.69, 9.17) is 16.6 Å². The number of rotatable bonds is 22. The molecule has 0 fully saturated rings. The molecule has 0 saturated heterocycles. The highest BCUT2D eigenvalue weighted by Crippen LogP contribution is 2.09. The van der Waals surface area contributed by atoms with Crippen molar-refractivity contribution in [2.45, 2.75) is 83.2 Å². The molecule has 14 N–H and O–H groups in total. The third kappa shape index (κ3) is 14.5. The first-order valence-electron chi connectivity index (χ1n) is 15.7. The van der Waals surface area contributed by atoms with E-state index in [9.17, 15) is 48.6 Å². The number of nitrogens with two attached hydrogens (primary N) is 2. The van der Waals surface area contributed by atoms with Gasteiger partial charge in [-0.25, -0.2) is 4.98 Å². The van der Waals surface area contributed by atoms with E-state index in [1.165, 1.54) is 12.5 Å². The van der Waals surface area contributed by atoms with Gasteiger partial charge < -0.3 is 63.7 Å². The number of aliphatic hydroxyl groups excluding tert-OH is 2. The number of carboxylic acids is 1. The van der Waals surface area contributed by atoms with Crippen molar-refractivity contribution in [2.75, 3.05) is 19.8 Å². The highest BCUT2D eigenvalue weighted by Gasteiger charge is 2.35. The van der Waals surface area contributed by atoms with E-state index in [2.05, 4.69) is 36.6 Å². The highest BCUT2D eigenvalue weighted by molar-refractivity contribution is 5.97. The molecule has 1 heterocycles. The van der Waals surface area contributed by atoms with E-state index in [1.54, 1.807) is 27.7 Å². The largest absolute Gasteiger partial charge is 0.480 e. The summed E-state index contributed by atoms with van der Waals surface area (Å²) in [6, 6.07) is -8.24. The fraction of sp³-hybridized carbons (Fsp3) is 0.621. The van der Waals surface area contributed by atoms with Crippen molar-refractivity contribution in [3.8, 4) is 0 Å². The van der Waals surface area contributed by atoms with Gasteiger partial charge in [0.2, 0.25) is 41.4 Å². The highest BCUT2D eigenvalue weighted by atomic mass is 16.4. The van der Waals surface area contributed by atoms with E-state index in [0.717, 1.165) is 0 Å². The van der Waals surface area contributed by atoms with Crippen LogP contribution in [0.4, 0.5) is 0 Å². The minimum Gasteiger partial charge on any atom is -0.480 e. The van der Waals surface area contributed by atoms with Crippen molar-refractivity contribution >= 4 is 47.3 Å². The summed E-state index contributed by atoms with van der Waals surface area (Å²) in [5.74, 6) is -8.58. The molecule has 21 nitrogen and oxygen atoms in total. The Hall–Kier alpha value is -5.15. The smallest absolute Gasteiger partial charge is 0.322 e. The van der Waals surface area contributed by atoms with Gasteiger partial charge in [0.1, 0.15) is 42.8 Å². The van der Waals surface area contributed by atoms with Gasteiger partial charge >= 0.3 is 5.97 Å². The van der Waals surface area contributed by atoms with Crippen LogP contribution in [0.25, 0.3) is 0 Å². The Kier molecular flexibility index (Phi) is 18.0. The molecule has 21 heteroatoms. The average molecular weight is 713 g/mol. The monoisotopic (exact) mass is 712 g/mol. The molecule has 0 aliphatic heterocycles. The van der Waals surface area contributed by atoms with Gasteiger partial charge in [-0.2, -0.15) is 0 Å². The molecule has 1 rings (SSSR count). The SMILES string of the molecule is CC(C)[C@H](NC(=O)[C@H](Cc1cnc[nH]1)NC(=O)[C@H](CCC(N)=O)NC(=O)[C@@H](N)CO)C(=O)N[C@H](C(=O)N[C@@H](CO)C(=O)NCC(=O)O)C(C)C. The predicted molar refractivity (Wildman–Crippen MR) is 173 cm³/mol. The molecule has 0 unspecified atom stereocenters. The molecule has 280 valence electrons. The number of imidazole rings is 1. The van der Waals surface area contributed by atoms with Crippen molar-refractivity contribution in [2.24, 2.45) is 23.3 Å². The number of aliphatic carboxylic acids is 1. The van der Waals surface area contributed by atoms with E-state index in [0.29, 0.717) is 5.69 Å². The van der Waals surface area contributed by atoms with E-state index < -0.39 is 115 Å². The van der Waals surface area contributed by atoms with Crippen LogP contribution >= 0.6 is 0 Å². The van der Waals surface area contributed by atoms with Gasteiger partial charge in [-0.3, -0.25) is 38.4 Å². The second-order valence-corrected chi connectivity index (χ2v) is 12.0. The number of primary amides is 1. The van der Waals surface area contributed by atoms with Crippen LogP contribution in [0.3, 0.4) is 0 Å². The second-order valence-electron chi connectivity index (χ2n) is 12.0. The number of aliphatic hydroxyl groups is 2. The lowest BCUT2D eigenvalue weighted by Crippen LogP contribution is -2.61. The summed E-state index contributed by atoms with van der Waals surface area (Å²) in [6.45, 7) is 4.02. The molecule has 7 amide bonds. The topological polar surface area (TPSA) is 350 Å². The van der Waals surface area contributed by atoms with Crippen molar-refractivity contribution in [1.82, 2.24) is 41.9 Å². The quantitative estimate of drug-likeness (QED) is 0.0534. The number of carbonyl (C=O) groups excluding carboxylic acids is 7. The van der Waals surface area contributed by atoms with Crippen LogP contribution < -0.4 is 43.4 Å². The third-order valence-corrected chi connectivity index (χ3v) is 7.18. The summed E-state index contributed by atoms with van der Waals surface area (Å²) >= 11 is 0. The van der Waals surface area contributed by atoms with Crippen molar-refractivity contribution in [1.29, 1.82) is 0 Å². The number of nitrogens with one attached hydrogen (secondary N) is 7. The predicted octanol–water partition coefficient (Wildman–Crippen LogP) is -5.53. The number of H-pyrrole nitrogens is 1. The Morgan fingerprint density at radius 3 is 1.74 bits per heavy atom. The zero-order valence-corrected chi connectivity index (χ0v) is 28.2. The first-order chi connectivity index (χ1) is 23.4. The van der Waals surface area contributed by atoms with Gasteiger partial charge in [-0.15, -0.1) is 0 Å². The van der Waals surface area contributed by atoms with Crippen LogP contribution in [0.15, 0.2) is 12.5 Å². The molecular formula is C29H48N10O11. The second kappa shape index (κ2) is 21.0. The Morgan fingerprint density at radius 2 is 1.26 bits per heavy atom. The summed E-state index contributed by atoms with van der Waals surface area (Å²) in [7, 11) is 0. The van der Waals surface area contributed by atoms with Gasteiger partial charge in [-0.1, -0.05) is 27.7 Å². The molecule has 1 aromatic heterocycles. The molecule has 0 aliphatic carbocycles. The molecule has 0 bridgehead atoms. The fourth-order valence-electron chi connectivity index (χ4n) is 4.32. The van der Waals surface area contributed by atoms with E-state index in [-0.39, 0.29) is 19.3 Å². The number of amides is 7. The minimum atomic E-state index is -1.52. The Morgan fingerprint density at radius 1 is 0.740 bits per heavy atom. The van der Waals surface area contributed by atoms with Gasteiger partial charge in [0.15, 0.2) is 0 Å². The van der Waals surface area contributed by atoms with E-state index >= 15 is 0 Å². The zero-order valence-electron chi connectivity index (χ0n) is 28.2. The standard InChI is InChI=1S/C29H48N10O11/c1-13(2)22(28(49)37-19(11-41)25(46)33-9-21(43)44)39-29(50)23(14(3)4)38-27(48)18(7-15-8-32-12-34-15)36-26(47)17(5-6-20(31)42)35-24(45)16(30)10-40/h8,12-14,16-19,22-23,40-41H,5-7,9-11,30H2,1-4H3,(H2,31,42)(H,32,34)(H,33,46)(H,35,45)(H,36,47)(H,37,49)(H,38,48)(H,39,50)(H,43,44)/t16-,17-,18-,19-,22-,23-/m0/s1. The summed E-state index contributed by atoms with van der Waals surface area (Å²) in [5.41, 5.74) is 11.2. The number of hydrogen-bond acceptors (Lipinski definition) is 12. The number of hydrogen-bond donors (Lipinski definition) is 12. The third-order valence-electron chi connectivity index (χ3n) is 7.18. The molecule has 0 aliphatic rings. The maximum atomic E-state index is 13.7. The van der Waals surface area contributed by atoms with Gasteiger partial charge in [-0.05, 0) is 18.3 Å². The Labute approximate surface area is 287 Å².